The molecular formula is C22H26ClN4OS+. The van der Waals surface area contributed by atoms with Gasteiger partial charge in [-0.25, -0.2) is 0 Å². The summed E-state index contributed by atoms with van der Waals surface area (Å²) < 4.78 is 8.26. The SMILES string of the molecule is C=CCSc1nnc(C2CCC[NH+](Cc3ccc(-c4ccccc4Cl)o3)C2)n1C. The van der Waals surface area contributed by atoms with Crippen molar-refractivity contribution in [3.05, 3.63) is 65.7 Å². The Morgan fingerprint density at radius 1 is 1.31 bits per heavy atom. The number of aromatic nitrogens is 3. The molecule has 1 aliphatic heterocycles. The number of nitrogens with one attached hydrogen (secondary N) is 1. The van der Waals surface area contributed by atoms with Gasteiger partial charge in [0.15, 0.2) is 10.9 Å². The molecule has 2 aromatic heterocycles. The van der Waals surface area contributed by atoms with Gasteiger partial charge in [0, 0.05) is 18.4 Å². The van der Waals surface area contributed by atoms with E-state index in [4.69, 9.17) is 16.0 Å². The Kier molecular flexibility index (Phi) is 6.43. The first-order chi connectivity index (χ1) is 14.2. The van der Waals surface area contributed by atoms with Crippen LogP contribution in [0.25, 0.3) is 11.3 Å². The normalized spacial score (nSPS) is 19.4. The Morgan fingerprint density at radius 3 is 3.00 bits per heavy atom. The van der Waals surface area contributed by atoms with Crippen LogP contribution in [0.2, 0.25) is 5.02 Å². The van der Waals surface area contributed by atoms with Gasteiger partial charge >= 0.3 is 0 Å². The van der Waals surface area contributed by atoms with E-state index >= 15 is 0 Å². The zero-order valence-electron chi connectivity index (χ0n) is 16.6. The molecular weight excluding hydrogens is 404 g/mol. The fourth-order valence-electron chi connectivity index (χ4n) is 4.00. The maximum absolute atomic E-state index is 6.31. The summed E-state index contributed by atoms with van der Waals surface area (Å²) in [6, 6.07) is 11.9. The monoisotopic (exact) mass is 429 g/mol. The van der Waals surface area contributed by atoms with Crippen molar-refractivity contribution in [2.75, 3.05) is 18.8 Å². The van der Waals surface area contributed by atoms with Crippen LogP contribution in [0.1, 0.15) is 30.3 Å². The maximum atomic E-state index is 6.31. The van der Waals surface area contributed by atoms with Crippen molar-refractivity contribution in [1.82, 2.24) is 14.8 Å². The molecule has 0 aliphatic carbocycles. The number of likely N-dealkylation sites (tertiary alicyclic amines) is 1. The first-order valence-electron chi connectivity index (χ1n) is 9.96. The highest BCUT2D eigenvalue weighted by molar-refractivity contribution is 7.99. The average molecular weight is 430 g/mol. The molecule has 152 valence electrons. The van der Waals surface area contributed by atoms with E-state index in [-0.39, 0.29) is 0 Å². The molecule has 0 spiro atoms. The predicted molar refractivity (Wildman–Crippen MR) is 117 cm³/mol. The van der Waals surface area contributed by atoms with Gasteiger partial charge in [-0.3, -0.25) is 0 Å². The third kappa shape index (κ3) is 4.60. The number of quaternary nitrogens is 1. The second-order valence-electron chi connectivity index (χ2n) is 7.47. The number of halogens is 1. The van der Waals surface area contributed by atoms with Gasteiger partial charge in [-0.05, 0) is 37.1 Å². The number of benzene rings is 1. The number of thioether (sulfide) groups is 1. The van der Waals surface area contributed by atoms with Gasteiger partial charge in [-0.2, -0.15) is 0 Å². The molecule has 1 saturated heterocycles. The second-order valence-corrected chi connectivity index (χ2v) is 8.86. The summed E-state index contributed by atoms with van der Waals surface area (Å²) in [7, 11) is 2.07. The molecule has 1 aromatic carbocycles. The Labute approximate surface area is 180 Å². The topological polar surface area (TPSA) is 48.3 Å². The lowest BCUT2D eigenvalue weighted by atomic mass is 9.97. The largest absolute Gasteiger partial charge is 0.455 e. The Bertz CT molecular complexity index is 983. The van der Waals surface area contributed by atoms with Crippen LogP contribution in [-0.4, -0.2) is 33.6 Å². The molecule has 0 saturated carbocycles. The van der Waals surface area contributed by atoms with E-state index in [9.17, 15) is 0 Å². The molecule has 4 rings (SSSR count). The van der Waals surface area contributed by atoms with Gasteiger partial charge in [-0.1, -0.05) is 41.6 Å². The maximum Gasteiger partial charge on any atom is 0.191 e. The zero-order chi connectivity index (χ0) is 20.2. The van der Waals surface area contributed by atoms with Crippen LogP contribution in [0, 0.1) is 0 Å². The van der Waals surface area contributed by atoms with E-state index in [1.54, 1.807) is 11.8 Å². The summed E-state index contributed by atoms with van der Waals surface area (Å²) in [6.45, 7) is 6.84. The molecule has 0 radical (unpaired) electrons. The molecule has 0 amide bonds. The van der Waals surface area contributed by atoms with Crippen molar-refractivity contribution in [1.29, 1.82) is 0 Å². The summed E-state index contributed by atoms with van der Waals surface area (Å²) in [6.07, 6.45) is 4.23. The molecule has 7 heteroatoms. The van der Waals surface area contributed by atoms with Crippen molar-refractivity contribution in [2.24, 2.45) is 7.05 Å². The Balaban J connectivity index is 1.43. The third-order valence-electron chi connectivity index (χ3n) is 5.41. The number of furan rings is 1. The molecule has 1 aliphatic rings. The van der Waals surface area contributed by atoms with Crippen LogP contribution >= 0.6 is 23.4 Å². The van der Waals surface area contributed by atoms with Crippen molar-refractivity contribution in [3.8, 4) is 11.3 Å². The van der Waals surface area contributed by atoms with Crippen LogP contribution in [0.3, 0.4) is 0 Å². The van der Waals surface area contributed by atoms with Crippen molar-refractivity contribution < 1.29 is 9.32 Å². The lowest BCUT2D eigenvalue weighted by Crippen LogP contribution is -3.12. The Hall–Kier alpha value is -2.02. The molecule has 5 nitrogen and oxygen atoms in total. The van der Waals surface area contributed by atoms with Gasteiger partial charge in [0.1, 0.15) is 18.1 Å². The fourth-order valence-corrected chi connectivity index (χ4v) is 4.88. The molecule has 3 aromatic rings. The third-order valence-corrected chi connectivity index (χ3v) is 6.75. The van der Waals surface area contributed by atoms with E-state index < -0.39 is 0 Å². The average Bonchev–Trinajstić information content (AvgIpc) is 3.33. The van der Waals surface area contributed by atoms with Crippen LogP contribution < -0.4 is 4.90 Å². The first kappa shape index (κ1) is 20.3. The van der Waals surface area contributed by atoms with Crippen LogP contribution in [0.15, 0.2) is 58.6 Å². The zero-order valence-corrected chi connectivity index (χ0v) is 18.2. The minimum absolute atomic E-state index is 0.423. The minimum atomic E-state index is 0.423. The highest BCUT2D eigenvalue weighted by atomic mass is 35.5. The summed E-state index contributed by atoms with van der Waals surface area (Å²) in [4.78, 5) is 1.52. The highest BCUT2D eigenvalue weighted by Gasteiger charge is 2.29. The molecule has 2 unspecified atom stereocenters. The smallest absolute Gasteiger partial charge is 0.191 e. The standard InChI is InChI=1S/C22H25ClN4OS/c1-3-13-29-22-25-24-21(26(22)2)16-7-6-12-27(14-16)15-17-10-11-20(28-17)18-8-4-5-9-19(18)23/h3-5,8-11,16H,1,6-7,12-15H2,2H3/p+1. The quantitative estimate of drug-likeness (QED) is 0.456. The van der Waals surface area contributed by atoms with E-state index in [1.807, 2.05) is 36.4 Å². The summed E-state index contributed by atoms with van der Waals surface area (Å²) >= 11 is 7.98. The Morgan fingerprint density at radius 2 is 2.17 bits per heavy atom. The van der Waals surface area contributed by atoms with Crippen molar-refractivity contribution >= 4 is 23.4 Å². The number of piperidine rings is 1. The minimum Gasteiger partial charge on any atom is -0.455 e. The van der Waals surface area contributed by atoms with Gasteiger partial charge in [-0.15, -0.1) is 16.8 Å². The number of hydrogen-bond donors (Lipinski definition) is 1. The van der Waals surface area contributed by atoms with Gasteiger partial charge in [0.2, 0.25) is 0 Å². The lowest BCUT2D eigenvalue weighted by Gasteiger charge is -2.28. The lowest BCUT2D eigenvalue weighted by molar-refractivity contribution is -0.921. The molecule has 1 fully saturated rings. The van der Waals surface area contributed by atoms with E-state index in [2.05, 4.69) is 34.5 Å². The van der Waals surface area contributed by atoms with Crippen molar-refractivity contribution in [3.63, 3.8) is 0 Å². The van der Waals surface area contributed by atoms with E-state index in [1.165, 1.54) is 11.3 Å². The summed E-state index contributed by atoms with van der Waals surface area (Å²) in [5, 5.41) is 10.5. The fraction of sp³-hybridized carbons (Fsp3) is 0.364. The van der Waals surface area contributed by atoms with Crippen LogP contribution in [-0.2, 0) is 13.6 Å². The van der Waals surface area contributed by atoms with Gasteiger partial charge < -0.3 is 13.9 Å². The van der Waals surface area contributed by atoms with Crippen LogP contribution in [0.4, 0.5) is 0 Å². The molecule has 3 heterocycles. The first-order valence-corrected chi connectivity index (χ1v) is 11.3. The summed E-state index contributed by atoms with van der Waals surface area (Å²) in [5.74, 6) is 4.18. The van der Waals surface area contributed by atoms with E-state index in [0.717, 1.165) is 59.9 Å². The van der Waals surface area contributed by atoms with Gasteiger partial charge in [0.25, 0.3) is 0 Å². The predicted octanol–water partition coefficient (Wildman–Crippen LogP) is 3.97. The van der Waals surface area contributed by atoms with Crippen molar-refractivity contribution in [2.45, 2.75) is 30.5 Å². The highest BCUT2D eigenvalue weighted by Crippen LogP contribution is 2.29. The number of hydrogen-bond acceptors (Lipinski definition) is 4. The molecule has 1 N–H and O–H groups in total. The molecule has 2 atom stereocenters. The molecule has 29 heavy (non-hydrogen) atoms. The number of rotatable bonds is 7. The van der Waals surface area contributed by atoms with E-state index in [0.29, 0.717) is 10.9 Å². The number of nitrogens with zero attached hydrogens (tertiary/aromatic N) is 3. The molecule has 0 bridgehead atoms. The summed E-state index contributed by atoms with van der Waals surface area (Å²) in [5.41, 5.74) is 0.940. The van der Waals surface area contributed by atoms with Gasteiger partial charge in [0.05, 0.1) is 24.0 Å². The van der Waals surface area contributed by atoms with Crippen LogP contribution in [0.5, 0.6) is 0 Å². The second kappa shape index (κ2) is 9.20.